The van der Waals surface area contributed by atoms with Crippen molar-refractivity contribution in [3.8, 4) is 17.0 Å². The van der Waals surface area contributed by atoms with Gasteiger partial charge < -0.3 is 14.0 Å². The number of ether oxygens (including phenoxy) is 1. The van der Waals surface area contributed by atoms with Gasteiger partial charge in [0.15, 0.2) is 0 Å². The number of nitrogens with zero attached hydrogens (tertiary/aromatic N) is 3. The van der Waals surface area contributed by atoms with Crippen LogP contribution in [0, 0.1) is 0 Å². The summed E-state index contributed by atoms with van der Waals surface area (Å²) in [5, 5.41) is 0.702. The maximum absolute atomic E-state index is 6.16. The molecular formula is C18H20ClN3O. The lowest BCUT2D eigenvalue weighted by atomic mass is 10.1. The Kier molecular flexibility index (Phi) is 4.55. The van der Waals surface area contributed by atoms with E-state index in [-0.39, 0.29) is 0 Å². The van der Waals surface area contributed by atoms with Crippen molar-refractivity contribution in [1.29, 1.82) is 0 Å². The number of rotatable bonds is 5. The Bertz CT molecular complexity index is 809. The van der Waals surface area contributed by atoms with Gasteiger partial charge in [-0.1, -0.05) is 11.6 Å². The van der Waals surface area contributed by atoms with Gasteiger partial charge in [-0.15, -0.1) is 0 Å². The molecule has 0 saturated carbocycles. The summed E-state index contributed by atoms with van der Waals surface area (Å²) in [7, 11) is 4.10. The summed E-state index contributed by atoms with van der Waals surface area (Å²) in [6, 6.07) is 11.9. The zero-order valence-electron chi connectivity index (χ0n) is 13.6. The van der Waals surface area contributed by atoms with E-state index < -0.39 is 0 Å². The molecule has 0 N–H and O–H groups in total. The molecule has 0 aliphatic rings. The molecule has 0 saturated heterocycles. The van der Waals surface area contributed by atoms with Crippen molar-refractivity contribution in [2.24, 2.45) is 0 Å². The third-order valence-electron chi connectivity index (χ3n) is 3.59. The molecule has 2 aromatic heterocycles. The van der Waals surface area contributed by atoms with E-state index >= 15 is 0 Å². The lowest BCUT2D eigenvalue weighted by Crippen LogP contribution is -2.13. The minimum Gasteiger partial charge on any atom is -0.494 e. The highest BCUT2D eigenvalue weighted by Gasteiger charge is 2.15. The Balaban J connectivity index is 2.11. The molecule has 0 aliphatic heterocycles. The first-order valence-electron chi connectivity index (χ1n) is 7.63. The fraction of sp³-hybridized carbons (Fsp3) is 0.278. The third-order valence-corrected chi connectivity index (χ3v) is 3.81. The van der Waals surface area contributed by atoms with E-state index in [1.54, 1.807) is 0 Å². The molecule has 5 heteroatoms. The van der Waals surface area contributed by atoms with Crippen LogP contribution < -0.4 is 4.74 Å². The maximum atomic E-state index is 6.16. The molecule has 0 spiro atoms. The zero-order chi connectivity index (χ0) is 16.4. The SMILES string of the molecule is CCOc1ccc(-c2nc3ccc(Cl)cn3c2CN(C)C)cc1. The van der Waals surface area contributed by atoms with E-state index in [9.17, 15) is 0 Å². The molecule has 3 aromatic rings. The van der Waals surface area contributed by atoms with Crippen LogP contribution in [0.5, 0.6) is 5.75 Å². The summed E-state index contributed by atoms with van der Waals surface area (Å²) in [4.78, 5) is 6.92. The van der Waals surface area contributed by atoms with Crippen molar-refractivity contribution in [3.05, 3.63) is 53.3 Å². The van der Waals surface area contributed by atoms with E-state index in [0.29, 0.717) is 11.6 Å². The van der Waals surface area contributed by atoms with Gasteiger partial charge in [-0.3, -0.25) is 0 Å². The first-order valence-corrected chi connectivity index (χ1v) is 8.00. The van der Waals surface area contributed by atoms with Crippen LogP contribution in [0.25, 0.3) is 16.9 Å². The quantitative estimate of drug-likeness (QED) is 0.705. The second-order valence-corrected chi connectivity index (χ2v) is 6.11. The minimum atomic E-state index is 0.665. The van der Waals surface area contributed by atoms with Gasteiger partial charge in [0, 0.05) is 18.3 Å². The Labute approximate surface area is 141 Å². The Hall–Kier alpha value is -2.04. The molecule has 4 nitrogen and oxygen atoms in total. The largest absolute Gasteiger partial charge is 0.494 e. The predicted molar refractivity (Wildman–Crippen MR) is 94.2 cm³/mol. The lowest BCUT2D eigenvalue weighted by Gasteiger charge is -2.12. The fourth-order valence-corrected chi connectivity index (χ4v) is 2.79. The van der Waals surface area contributed by atoms with Gasteiger partial charge in [0.1, 0.15) is 11.4 Å². The summed E-state index contributed by atoms with van der Waals surface area (Å²) in [6.45, 7) is 3.43. The second kappa shape index (κ2) is 6.60. The van der Waals surface area contributed by atoms with Crippen molar-refractivity contribution in [2.75, 3.05) is 20.7 Å². The van der Waals surface area contributed by atoms with Crippen molar-refractivity contribution < 1.29 is 4.74 Å². The molecule has 0 radical (unpaired) electrons. The summed E-state index contributed by atoms with van der Waals surface area (Å²) in [6.07, 6.45) is 1.92. The Morgan fingerprint density at radius 1 is 1.13 bits per heavy atom. The number of hydrogen-bond donors (Lipinski definition) is 0. The molecule has 0 fully saturated rings. The molecule has 0 aliphatic carbocycles. The lowest BCUT2D eigenvalue weighted by molar-refractivity contribution is 0.340. The third kappa shape index (κ3) is 3.33. The molecular weight excluding hydrogens is 310 g/mol. The molecule has 3 rings (SSSR count). The van der Waals surface area contributed by atoms with Crippen molar-refractivity contribution in [2.45, 2.75) is 13.5 Å². The van der Waals surface area contributed by atoms with Crippen LogP contribution in [0.15, 0.2) is 42.6 Å². The van der Waals surface area contributed by atoms with E-state index in [0.717, 1.165) is 34.9 Å². The first-order chi connectivity index (χ1) is 11.1. The van der Waals surface area contributed by atoms with Crippen LogP contribution in [0.4, 0.5) is 0 Å². The predicted octanol–water partition coefficient (Wildman–Crippen LogP) is 4.12. The minimum absolute atomic E-state index is 0.665. The van der Waals surface area contributed by atoms with Gasteiger partial charge in [-0.25, -0.2) is 4.98 Å². The number of fused-ring (bicyclic) bond motifs is 1. The standard InChI is InChI=1S/C18H20ClN3O/c1-4-23-15-8-5-13(6-9-15)18-16(12-21(2)3)22-11-14(19)7-10-17(22)20-18/h5-11H,4,12H2,1-3H3. The molecule has 120 valence electrons. The highest BCUT2D eigenvalue weighted by atomic mass is 35.5. The first kappa shape index (κ1) is 15.8. The summed E-state index contributed by atoms with van der Waals surface area (Å²) < 4.78 is 7.58. The maximum Gasteiger partial charge on any atom is 0.137 e. The highest BCUT2D eigenvalue weighted by Crippen LogP contribution is 2.28. The van der Waals surface area contributed by atoms with Gasteiger partial charge in [0.2, 0.25) is 0 Å². The van der Waals surface area contributed by atoms with Crippen LogP contribution in [-0.4, -0.2) is 35.0 Å². The number of hydrogen-bond acceptors (Lipinski definition) is 3. The smallest absolute Gasteiger partial charge is 0.137 e. The number of benzene rings is 1. The molecule has 0 bridgehead atoms. The zero-order valence-corrected chi connectivity index (χ0v) is 14.3. The Morgan fingerprint density at radius 3 is 2.52 bits per heavy atom. The fourth-order valence-electron chi connectivity index (χ4n) is 2.62. The van der Waals surface area contributed by atoms with Gasteiger partial charge in [-0.2, -0.15) is 0 Å². The summed E-state index contributed by atoms with van der Waals surface area (Å²) in [5.41, 5.74) is 4.07. The number of aromatic nitrogens is 2. The monoisotopic (exact) mass is 329 g/mol. The molecule has 0 unspecified atom stereocenters. The van der Waals surface area contributed by atoms with Crippen LogP contribution >= 0.6 is 11.6 Å². The average Bonchev–Trinajstić information content (AvgIpc) is 2.86. The van der Waals surface area contributed by atoms with Gasteiger partial charge in [0.25, 0.3) is 0 Å². The molecule has 2 heterocycles. The molecule has 0 amide bonds. The van der Waals surface area contributed by atoms with E-state index in [1.165, 1.54) is 0 Å². The van der Waals surface area contributed by atoms with Crippen LogP contribution in [0.3, 0.4) is 0 Å². The second-order valence-electron chi connectivity index (χ2n) is 5.68. The molecule has 0 atom stereocenters. The number of halogens is 1. The number of imidazole rings is 1. The van der Waals surface area contributed by atoms with Gasteiger partial charge >= 0.3 is 0 Å². The van der Waals surface area contributed by atoms with Crippen LogP contribution in [-0.2, 0) is 6.54 Å². The van der Waals surface area contributed by atoms with Crippen molar-refractivity contribution in [3.63, 3.8) is 0 Å². The van der Waals surface area contributed by atoms with Crippen molar-refractivity contribution >= 4 is 17.2 Å². The summed E-state index contributed by atoms with van der Waals surface area (Å²) in [5.74, 6) is 0.872. The number of pyridine rings is 1. The van der Waals surface area contributed by atoms with E-state index in [4.69, 9.17) is 21.3 Å². The van der Waals surface area contributed by atoms with Crippen LogP contribution in [0.1, 0.15) is 12.6 Å². The topological polar surface area (TPSA) is 29.8 Å². The highest BCUT2D eigenvalue weighted by molar-refractivity contribution is 6.30. The van der Waals surface area contributed by atoms with Gasteiger partial charge in [-0.05, 0) is 57.4 Å². The molecule has 1 aromatic carbocycles. The van der Waals surface area contributed by atoms with E-state index in [2.05, 4.69) is 9.30 Å². The van der Waals surface area contributed by atoms with Crippen LogP contribution in [0.2, 0.25) is 5.02 Å². The normalized spacial score (nSPS) is 11.3. The summed E-state index contributed by atoms with van der Waals surface area (Å²) >= 11 is 6.16. The Morgan fingerprint density at radius 2 is 1.87 bits per heavy atom. The van der Waals surface area contributed by atoms with E-state index in [1.807, 2.05) is 63.6 Å². The van der Waals surface area contributed by atoms with Gasteiger partial charge in [0.05, 0.1) is 23.0 Å². The average molecular weight is 330 g/mol. The molecule has 23 heavy (non-hydrogen) atoms. The van der Waals surface area contributed by atoms with Crippen molar-refractivity contribution in [1.82, 2.24) is 14.3 Å².